The highest BCUT2D eigenvalue weighted by Gasteiger charge is 2.46. The van der Waals surface area contributed by atoms with Crippen LogP contribution in [0.15, 0.2) is 40.4 Å². The van der Waals surface area contributed by atoms with Gasteiger partial charge in [-0.3, -0.25) is 9.98 Å². The Bertz CT molecular complexity index is 1000. The number of aliphatic imine (C=N–C) groups is 2. The van der Waals surface area contributed by atoms with Crippen molar-refractivity contribution >= 4 is 23.1 Å². The molecule has 1 atom stereocenters. The van der Waals surface area contributed by atoms with E-state index in [1.54, 1.807) is 13.3 Å². The average molecular weight is 425 g/mol. The minimum Gasteiger partial charge on any atom is -0.382 e. The Morgan fingerprint density at radius 2 is 1.80 bits per heavy atom. The second kappa shape index (κ2) is 8.12. The van der Waals surface area contributed by atoms with Crippen molar-refractivity contribution in [1.82, 2.24) is 4.98 Å². The summed E-state index contributed by atoms with van der Waals surface area (Å²) in [6.45, 7) is 6.08. The van der Waals surface area contributed by atoms with Crippen molar-refractivity contribution in [1.29, 1.82) is 0 Å². The zero-order valence-corrected chi connectivity index (χ0v) is 18.8. The Hall–Kier alpha value is -2.24. The lowest BCUT2D eigenvalue weighted by Crippen LogP contribution is -2.36. The summed E-state index contributed by atoms with van der Waals surface area (Å²) in [7, 11) is 1.80. The first kappa shape index (κ1) is 21.0. The van der Waals surface area contributed by atoms with Gasteiger partial charge in [0, 0.05) is 36.0 Å². The van der Waals surface area contributed by atoms with Crippen LogP contribution in [0.4, 0.5) is 0 Å². The molecule has 0 radical (unpaired) electrons. The Morgan fingerprint density at radius 1 is 1.07 bits per heavy atom. The summed E-state index contributed by atoms with van der Waals surface area (Å²) in [5, 5.41) is 0.627. The highest BCUT2D eigenvalue weighted by atomic mass is 35.5. The Balaban J connectivity index is 1.84. The molecule has 158 valence electrons. The number of amidine groups is 1. The molecule has 0 amide bonds. The van der Waals surface area contributed by atoms with Crippen LogP contribution in [-0.2, 0) is 10.4 Å². The van der Waals surface area contributed by atoms with Crippen molar-refractivity contribution in [3.8, 4) is 11.1 Å². The lowest BCUT2D eigenvalue weighted by atomic mass is 9.74. The van der Waals surface area contributed by atoms with Gasteiger partial charge in [-0.2, -0.15) is 0 Å². The van der Waals surface area contributed by atoms with E-state index in [-0.39, 0.29) is 5.92 Å². The number of aromatic nitrogens is 1. The number of ether oxygens (including phenoxy) is 1. The Kier molecular flexibility index (Phi) is 5.69. The minimum absolute atomic E-state index is 0.285. The van der Waals surface area contributed by atoms with Gasteiger partial charge < -0.3 is 10.5 Å². The third-order valence-electron chi connectivity index (χ3n) is 6.58. The maximum atomic E-state index is 6.26. The summed E-state index contributed by atoms with van der Waals surface area (Å²) in [5.74, 6) is 0.821. The zero-order valence-electron chi connectivity index (χ0n) is 18.1. The topological polar surface area (TPSA) is 72.9 Å². The quantitative estimate of drug-likeness (QED) is 0.732. The van der Waals surface area contributed by atoms with E-state index < -0.39 is 5.66 Å². The first-order valence-corrected chi connectivity index (χ1v) is 10.9. The van der Waals surface area contributed by atoms with E-state index in [1.165, 1.54) is 0 Å². The monoisotopic (exact) mass is 424 g/mol. The highest BCUT2D eigenvalue weighted by Crippen LogP contribution is 2.47. The summed E-state index contributed by atoms with van der Waals surface area (Å²) in [6.07, 6.45) is 6.05. The lowest BCUT2D eigenvalue weighted by Gasteiger charge is -2.38. The average Bonchev–Trinajstić information content (AvgIpc) is 3.05. The second-order valence-electron chi connectivity index (χ2n) is 8.45. The molecule has 2 heterocycles. The Morgan fingerprint density at radius 3 is 2.43 bits per heavy atom. The number of nitrogens with two attached hydrogens (primary N) is 1. The number of pyridine rings is 1. The number of benzene rings is 1. The van der Waals surface area contributed by atoms with Crippen LogP contribution in [0.3, 0.4) is 0 Å². The molecule has 2 aromatic rings. The molecule has 1 aromatic carbocycles. The summed E-state index contributed by atoms with van der Waals surface area (Å²) >= 11 is 6.25. The predicted octanol–water partition coefficient (Wildman–Crippen LogP) is 5.21. The first-order chi connectivity index (χ1) is 14.3. The minimum atomic E-state index is -0.674. The van der Waals surface area contributed by atoms with Gasteiger partial charge >= 0.3 is 0 Å². The van der Waals surface area contributed by atoms with Crippen LogP contribution >= 0.6 is 11.6 Å². The fourth-order valence-corrected chi connectivity index (χ4v) is 4.97. The van der Waals surface area contributed by atoms with Gasteiger partial charge in [-0.15, -0.1) is 0 Å². The van der Waals surface area contributed by atoms with E-state index in [0.29, 0.717) is 17.0 Å². The molecule has 0 saturated heterocycles. The highest BCUT2D eigenvalue weighted by molar-refractivity contribution is 6.41. The van der Waals surface area contributed by atoms with E-state index in [9.17, 15) is 0 Å². The molecule has 1 unspecified atom stereocenters. The smallest absolute Gasteiger partial charge is 0.181 e. The molecule has 5 nitrogen and oxygen atoms in total. The van der Waals surface area contributed by atoms with E-state index in [2.05, 4.69) is 30.1 Å². The third-order valence-corrected chi connectivity index (χ3v) is 6.78. The molecule has 1 saturated carbocycles. The molecule has 6 heteroatoms. The van der Waals surface area contributed by atoms with Crippen molar-refractivity contribution in [3.05, 3.63) is 52.3 Å². The summed E-state index contributed by atoms with van der Waals surface area (Å²) < 4.78 is 5.59. The fraction of sp³-hybridized carbons (Fsp3) is 0.458. The molecule has 1 aliphatic heterocycles. The van der Waals surface area contributed by atoms with Gasteiger partial charge in [-0.05, 0) is 69.7 Å². The lowest BCUT2D eigenvalue weighted by molar-refractivity contribution is 0.0426. The van der Waals surface area contributed by atoms with Gasteiger partial charge in [-0.1, -0.05) is 23.7 Å². The molecule has 2 aliphatic rings. The van der Waals surface area contributed by atoms with Crippen LogP contribution in [0, 0.1) is 19.8 Å². The van der Waals surface area contributed by atoms with Gasteiger partial charge in [-0.25, -0.2) is 4.99 Å². The van der Waals surface area contributed by atoms with Gasteiger partial charge in [0.15, 0.2) is 5.66 Å². The van der Waals surface area contributed by atoms with Crippen LogP contribution in [0.2, 0.25) is 5.02 Å². The molecule has 30 heavy (non-hydrogen) atoms. The summed E-state index contributed by atoms with van der Waals surface area (Å²) in [6, 6.07) is 8.43. The van der Waals surface area contributed by atoms with Crippen LogP contribution in [-0.4, -0.2) is 29.7 Å². The zero-order chi connectivity index (χ0) is 21.5. The molecule has 0 spiro atoms. The third kappa shape index (κ3) is 3.65. The summed E-state index contributed by atoms with van der Waals surface area (Å²) in [4.78, 5) is 14.5. The van der Waals surface area contributed by atoms with Crippen LogP contribution in [0.1, 0.15) is 49.4 Å². The van der Waals surface area contributed by atoms with Crippen molar-refractivity contribution in [2.45, 2.75) is 58.2 Å². The van der Waals surface area contributed by atoms with Gasteiger partial charge in [0.1, 0.15) is 5.84 Å². The number of nitrogens with zero attached hydrogens (tertiary/aromatic N) is 3. The molecule has 2 N–H and O–H groups in total. The Labute approximate surface area is 183 Å². The van der Waals surface area contributed by atoms with Gasteiger partial charge in [0.2, 0.25) is 0 Å². The van der Waals surface area contributed by atoms with Crippen LogP contribution < -0.4 is 5.73 Å². The maximum absolute atomic E-state index is 6.26. The normalized spacial score (nSPS) is 26.4. The van der Waals surface area contributed by atoms with E-state index in [4.69, 9.17) is 32.1 Å². The van der Waals surface area contributed by atoms with E-state index in [1.807, 2.05) is 19.9 Å². The molecular weight excluding hydrogens is 396 g/mol. The molecule has 1 aromatic heterocycles. The SMILES string of the molecule is COC1CCC(C2(c3cc(-c4cc(Cl)cnc4C)ccc3C)N=C(C)C(N)=N2)CC1. The number of halogens is 1. The van der Waals surface area contributed by atoms with Crippen molar-refractivity contribution in [2.24, 2.45) is 21.6 Å². The fourth-order valence-electron chi connectivity index (χ4n) is 4.81. The largest absolute Gasteiger partial charge is 0.382 e. The molecular formula is C24H29ClN4O. The maximum Gasteiger partial charge on any atom is 0.181 e. The van der Waals surface area contributed by atoms with Gasteiger partial charge in [0.05, 0.1) is 16.8 Å². The molecule has 1 aliphatic carbocycles. The first-order valence-electron chi connectivity index (χ1n) is 10.5. The predicted molar refractivity (Wildman–Crippen MR) is 123 cm³/mol. The molecule has 4 rings (SSSR count). The number of aryl methyl sites for hydroxylation is 2. The second-order valence-corrected chi connectivity index (χ2v) is 8.88. The molecule has 1 fully saturated rings. The van der Waals surface area contributed by atoms with Crippen LogP contribution in [0.25, 0.3) is 11.1 Å². The number of hydrogen-bond donors (Lipinski definition) is 1. The van der Waals surface area contributed by atoms with E-state index >= 15 is 0 Å². The van der Waals surface area contributed by atoms with Crippen LogP contribution in [0.5, 0.6) is 0 Å². The summed E-state index contributed by atoms with van der Waals surface area (Å²) in [5.41, 5.74) is 11.7. The van der Waals surface area contributed by atoms with Crippen molar-refractivity contribution < 1.29 is 4.74 Å². The van der Waals surface area contributed by atoms with E-state index in [0.717, 1.165) is 59.3 Å². The standard InChI is InChI=1S/C24H29ClN4O/c1-14-5-6-17(21-12-19(25)13-27-15(21)2)11-22(14)24(28-16(3)23(26)29-24)18-7-9-20(30-4)10-8-18/h5-6,11-13,18,20H,7-10H2,1-4H3,(H2,26,29). The number of methoxy groups -OCH3 is 1. The van der Waals surface area contributed by atoms with Gasteiger partial charge in [0.25, 0.3) is 0 Å². The number of hydrogen-bond acceptors (Lipinski definition) is 5. The van der Waals surface area contributed by atoms with Crippen molar-refractivity contribution in [3.63, 3.8) is 0 Å². The number of rotatable bonds is 4. The molecule has 0 bridgehead atoms. The van der Waals surface area contributed by atoms with Crippen molar-refractivity contribution in [2.75, 3.05) is 7.11 Å².